The second kappa shape index (κ2) is 10.1. The molecular weight excluding hydrogens is 422 g/mol. The Bertz CT molecular complexity index is 1040. The molecule has 1 saturated heterocycles. The second-order valence-corrected chi connectivity index (χ2v) is 11.4. The maximum Gasteiger partial charge on any atom is 0.263 e. The van der Waals surface area contributed by atoms with Crippen LogP contribution in [-0.4, -0.2) is 42.9 Å². The lowest BCUT2D eigenvalue weighted by Crippen LogP contribution is -2.46. The molecule has 1 amide bonds. The van der Waals surface area contributed by atoms with Crippen molar-refractivity contribution in [3.8, 4) is 5.75 Å². The molecule has 1 heterocycles. The Labute approximate surface area is 192 Å². The van der Waals surface area contributed by atoms with Crippen molar-refractivity contribution in [1.29, 1.82) is 0 Å². The van der Waals surface area contributed by atoms with Crippen LogP contribution in [0, 0.1) is 6.92 Å². The first kappa shape index (κ1) is 24.3. The van der Waals surface area contributed by atoms with E-state index in [1.54, 1.807) is 11.8 Å². The van der Waals surface area contributed by atoms with Gasteiger partial charge in [-0.1, -0.05) is 57.2 Å². The monoisotopic (exact) mass is 457 g/mol. The Morgan fingerprint density at radius 1 is 1.09 bits per heavy atom. The van der Waals surface area contributed by atoms with E-state index in [2.05, 4.69) is 32.9 Å². The Hall–Kier alpha value is -2.34. The van der Waals surface area contributed by atoms with Gasteiger partial charge in [-0.2, -0.15) is 0 Å². The van der Waals surface area contributed by atoms with E-state index in [1.807, 2.05) is 37.3 Å². The number of aryl methyl sites for hydroxylation is 2. The standard InChI is InChI=1S/C26H35NO4S/c1-6-21-8-10-22(11-9-21)16-27(23-13-14-32(29,30)17-23)26(28)20(5)31-25-15-19(4)7-12-24(25)18(2)3/h7-12,15,18,20,23H,6,13-14,16-17H2,1-5H3/t20-,23+/m0/s1. The van der Waals surface area contributed by atoms with Crippen molar-refractivity contribution in [3.63, 3.8) is 0 Å². The van der Waals surface area contributed by atoms with Crippen LogP contribution in [-0.2, 0) is 27.6 Å². The van der Waals surface area contributed by atoms with Crippen LogP contribution in [0.1, 0.15) is 62.3 Å². The highest BCUT2D eigenvalue weighted by Crippen LogP contribution is 2.29. The van der Waals surface area contributed by atoms with Gasteiger partial charge in [0.25, 0.3) is 5.91 Å². The molecule has 0 bridgehead atoms. The van der Waals surface area contributed by atoms with Crippen molar-refractivity contribution in [2.24, 2.45) is 0 Å². The first-order chi connectivity index (χ1) is 15.1. The minimum absolute atomic E-state index is 0.0141. The smallest absolute Gasteiger partial charge is 0.263 e. The fourth-order valence-electron chi connectivity index (χ4n) is 4.18. The fourth-order valence-corrected chi connectivity index (χ4v) is 5.91. The normalized spacial score (nSPS) is 18.5. The number of ether oxygens (including phenoxy) is 1. The molecule has 2 aromatic carbocycles. The van der Waals surface area contributed by atoms with Crippen LogP contribution in [0.25, 0.3) is 0 Å². The average molecular weight is 458 g/mol. The van der Waals surface area contributed by atoms with E-state index < -0.39 is 15.9 Å². The molecule has 1 fully saturated rings. The van der Waals surface area contributed by atoms with E-state index in [4.69, 9.17) is 4.74 Å². The van der Waals surface area contributed by atoms with Crippen molar-refractivity contribution in [3.05, 3.63) is 64.7 Å². The molecule has 0 aromatic heterocycles. The largest absolute Gasteiger partial charge is 0.481 e. The summed E-state index contributed by atoms with van der Waals surface area (Å²) in [6.07, 6.45) is 0.700. The van der Waals surface area contributed by atoms with E-state index in [1.165, 1.54) is 5.56 Å². The molecule has 5 nitrogen and oxygen atoms in total. The summed E-state index contributed by atoms with van der Waals surface area (Å²) in [7, 11) is -3.12. The molecule has 6 heteroatoms. The molecular formula is C26H35NO4S. The minimum atomic E-state index is -3.12. The van der Waals surface area contributed by atoms with Crippen LogP contribution >= 0.6 is 0 Å². The predicted molar refractivity (Wildman–Crippen MR) is 129 cm³/mol. The first-order valence-corrected chi connectivity index (χ1v) is 13.3. The topological polar surface area (TPSA) is 63.7 Å². The maximum atomic E-state index is 13.5. The number of sulfone groups is 1. The van der Waals surface area contributed by atoms with Gasteiger partial charge < -0.3 is 9.64 Å². The zero-order chi connectivity index (χ0) is 23.5. The van der Waals surface area contributed by atoms with Gasteiger partial charge >= 0.3 is 0 Å². The van der Waals surface area contributed by atoms with E-state index in [-0.39, 0.29) is 29.4 Å². The summed E-state index contributed by atoms with van der Waals surface area (Å²) in [6, 6.07) is 13.9. The Morgan fingerprint density at radius 3 is 2.31 bits per heavy atom. The van der Waals surface area contributed by atoms with Gasteiger partial charge in [-0.3, -0.25) is 4.79 Å². The molecule has 32 heavy (non-hydrogen) atoms. The Morgan fingerprint density at radius 2 is 1.75 bits per heavy atom. The van der Waals surface area contributed by atoms with Gasteiger partial charge in [0.2, 0.25) is 0 Å². The maximum absolute atomic E-state index is 13.5. The highest BCUT2D eigenvalue weighted by atomic mass is 32.2. The van der Waals surface area contributed by atoms with Crippen LogP contribution in [0.2, 0.25) is 0 Å². The third-order valence-corrected chi connectivity index (χ3v) is 7.91. The van der Waals surface area contributed by atoms with Gasteiger partial charge in [0.1, 0.15) is 5.75 Å². The van der Waals surface area contributed by atoms with Crippen molar-refractivity contribution in [2.75, 3.05) is 11.5 Å². The van der Waals surface area contributed by atoms with Gasteiger partial charge in [-0.25, -0.2) is 8.42 Å². The molecule has 1 aliphatic rings. The van der Waals surface area contributed by atoms with E-state index in [0.29, 0.717) is 18.7 Å². The molecule has 174 valence electrons. The molecule has 0 N–H and O–H groups in total. The minimum Gasteiger partial charge on any atom is -0.481 e. The number of hydrogen-bond donors (Lipinski definition) is 0. The molecule has 2 aromatic rings. The fraction of sp³-hybridized carbons (Fsp3) is 0.500. The lowest BCUT2D eigenvalue weighted by molar-refractivity contribution is -0.140. The average Bonchev–Trinajstić information content (AvgIpc) is 3.11. The van der Waals surface area contributed by atoms with Gasteiger partial charge in [0, 0.05) is 12.6 Å². The van der Waals surface area contributed by atoms with Crippen molar-refractivity contribution < 1.29 is 17.9 Å². The third-order valence-electron chi connectivity index (χ3n) is 6.16. The SMILES string of the molecule is CCc1ccc(CN(C(=O)[C@H](C)Oc2cc(C)ccc2C(C)C)[C@@H]2CCS(=O)(=O)C2)cc1. The number of rotatable bonds is 8. The number of benzene rings is 2. The number of hydrogen-bond acceptors (Lipinski definition) is 4. The van der Waals surface area contributed by atoms with Crippen molar-refractivity contribution in [2.45, 2.75) is 72.1 Å². The van der Waals surface area contributed by atoms with E-state index in [9.17, 15) is 13.2 Å². The molecule has 1 aliphatic heterocycles. The highest BCUT2D eigenvalue weighted by molar-refractivity contribution is 7.91. The second-order valence-electron chi connectivity index (χ2n) is 9.15. The van der Waals surface area contributed by atoms with Crippen molar-refractivity contribution >= 4 is 15.7 Å². The summed E-state index contributed by atoms with van der Waals surface area (Å²) in [4.78, 5) is 15.3. The number of carbonyl (C=O) groups excluding carboxylic acids is 1. The summed E-state index contributed by atoms with van der Waals surface area (Å²) in [5.41, 5.74) is 4.34. The number of amides is 1. The van der Waals surface area contributed by atoms with Crippen LogP contribution in [0.3, 0.4) is 0 Å². The molecule has 0 spiro atoms. The summed E-state index contributed by atoms with van der Waals surface area (Å²) in [5, 5.41) is 0. The van der Waals surface area contributed by atoms with E-state index in [0.717, 1.165) is 23.1 Å². The van der Waals surface area contributed by atoms with Gasteiger partial charge in [0.15, 0.2) is 15.9 Å². The number of nitrogens with zero attached hydrogens (tertiary/aromatic N) is 1. The van der Waals surface area contributed by atoms with Gasteiger partial charge in [-0.15, -0.1) is 0 Å². The quantitative estimate of drug-likeness (QED) is 0.578. The van der Waals surface area contributed by atoms with Gasteiger partial charge in [-0.05, 0) is 60.9 Å². The van der Waals surface area contributed by atoms with Crippen LogP contribution in [0.4, 0.5) is 0 Å². The van der Waals surface area contributed by atoms with Crippen LogP contribution in [0.5, 0.6) is 5.75 Å². The summed E-state index contributed by atoms with van der Waals surface area (Å²) in [5.74, 6) is 0.942. The highest BCUT2D eigenvalue weighted by Gasteiger charge is 2.36. The molecule has 2 atom stereocenters. The Kier molecular flexibility index (Phi) is 7.65. The molecule has 3 rings (SSSR count). The number of carbonyl (C=O) groups is 1. The molecule has 0 saturated carbocycles. The Balaban J connectivity index is 1.85. The van der Waals surface area contributed by atoms with Crippen molar-refractivity contribution in [1.82, 2.24) is 4.90 Å². The first-order valence-electron chi connectivity index (χ1n) is 11.5. The summed E-state index contributed by atoms with van der Waals surface area (Å²) >= 11 is 0. The lowest BCUT2D eigenvalue weighted by Gasteiger charge is -2.31. The molecule has 0 unspecified atom stereocenters. The zero-order valence-corrected chi connectivity index (χ0v) is 20.6. The summed E-state index contributed by atoms with van der Waals surface area (Å²) in [6.45, 7) is 10.4. The van der Waals surface area contributed by atoms with Gasteiger partial charge in [0.05, 0.1) is 11.5 Å². The van der Waals surface area contributed by atoms with Crippen LogP contribution < -0.4 is 4.74 Å². The predicted octanol–water partition coefficient (Wildman–Crippen LogP) is 4.66. The molecule has 0 radical (unpaired) electrons. The lowest BCUT2D eigenvalue weighted by atomic mass is 10.0. The van der Waals surface area contributed by atoms with E-state index >= 15 is 0 Å². The van der Waals surface area contributed by atoms with Crippen LogP contribution in [0.15, 0.2) is 42.5 Å². The zero-order valence-electron chi connectivity index (χ0n) is 19.8. The summed E-state index contributed by atoms with van der Waals surface area (Å²) < 4.78 is 30.5. The molecule has 0 aliphatic carbocycles. The third kappa shape index (κ3) is 5.91.